The molecule has 0 unspecified atom stereocenters. The molecule has 3 aromatic heterocycles. The number of amides is 1. The first-order valence-electron chi connectivity index (χ1n) is 15.1. The van der Waals surface area contributed by atoms with Crippen LogP contribution < -0.4 is 16.0 Å². The van der Waals surface area contributed by atoms with Crippen molar-refractivity contribution in [3.63, 3.8) is 0 Å². The number of likely N-dealkylation sites (tertiary alicyclic amines) is 1. The summed E-state index contributed by atoms with van der Waals surface area (Å²) in [6.45, 7) is 3.46. The number of anilines is 3. The number of carbonyl (C=O) groups is 2. The highest BCUT2D eigenvalue weighted by molar-refractivity contribution is 6.29. The van der Waals surface area contributed by atoms with E-state index >= 15 is 0 Å². The minimum atomic E-state index is -0.326. The van der Waals surface area contributed by atoms with E-state index in [1.165, 1.54) is 25.9 Å². The number of ketones is 1. The summed E-state index contributed by atoms with van der Waals surface area (Å²) in [5.41, 5.74) is 2.37. The highest BCUT2D eigenvalue weighted by Gasteiger charge is 2.26. The number of nitrogens with zero attached hydrogens (tertiary/aromatic N) is 5. The number of carbonyl (C=O) groups excluding carboxylic acids is 2. The summed E-state index contributed by atoms with van der Waals surface area (Å²) in [6, 6.07) is 5.98. The van der Waals surface area contributed by atoms with Gasteiger partial charge in [0.15, 0.2) is 11.3 Å². The Kier molecular flexibility index (Phi) is 8.67. The van der Waals surface area contributed by atoms with Crippen molar-refractivity contribution >= 4 is 46.1 Å². The van der Waals surface area contributed by atoms with Gasteiger partial charge in [-0.1, -0.05) is 11.6 Å². The SMILES string of the molecule is O=C(CCCN1CCCC1)CC1CCC(Nc2cc(NC3CC3)c3ncc(C(=O)Nc4ccnc(Cl)c4)n3n2)CC1. The number of hydrogen-bond acceptors (Lipinski definition) is 8. The number of aromatic nitrogens is 4. The molecule has 0 radical (unpaired) electrons. The fourth-order valence-corrected chi connectivity index (χ4v) is 6.25. The van der Waals surface area contributed by atoms with E-state index in [0.29, 0.717) is 58.6 Å². The predicted octanol–water partition coefficient (Wildman–Crippen LogP) is 5.41. The van der Waals surface area contributed by atoms with Gasteiger partial charge in [0.1, 0.15) is 16.8 Å². The molecule has 0 aromatic carbocycles. The Morgan fingerprint density at radius 1 is 0.976 bits per heavy atom. The highest BCUT2D eigenvalue weighted by Crippen LogP contribution is 2.32. The van der Waals surface area contributed by atoms with Crippen molar-refractivity contribution in [3.8, 4) is 0 Å². The second-order valence-corrected chi connectivity index (χ2v) is 12.2. The minimum absolute atomic E-state index is 0.273. The molecule has 3 aromatic rings. The normalized spacial score (nSPS) is 21.2. The molecule has 41 heavy (non-hydrogen) atoms. The molecular formula is C30H39ClN8O2. The van der Waals surface area contributed by atoms with Crippen LogP contribution in [0.4, 0.5) is 17.2 Å². The fraction of sp³-hybridized carbons (Fsp3) is 0.567. The molecule has 3 fully saturated rings. The molecule has 6 rings (SSSR count). The van der Waals surface area contributed by atoms with E-state index in [1.807, 2.05) is 6.07 Å². The molecule has 11 heteroatoms. The van der Waals surface area contributed by atoms with Gasteiger partial charge in [-0.2, -0.15) is 0 Å². The predicted molar refractivity (Wildman–Crippen MR) is 161 cm³/mol. The number of hydrogen-bond donors (Lipinski definition) is 3. The third-order valence-corrected chi connectivity index (χ3v) is 8.67. The second kappa shape index (κ2) is 12.7. The van der Waals surface area contributed by atoms with Crippen molar-refractivity contribution in [2.45, 2.75) is 82.7 Å². The molecule has 218 valence electrons. The summed E-state index contributed by atoms with van der Waals surface area (Å²) >= 11 is 5.99. The number of Topliss-reactive ketones (excluding diaryl/α,β-unsaturated/α-hetero) is 1. The maximum Gasteiger partial charge on any atom is 0.276 e. The van der Waals surface area contributed by atoms with Crippen molar-refractivity contribution in [3.05, 3.63) is 41.4 Å². The molecule has 0 atom stereocenters. The monoisotopic (exact) mass is 578 g/mol. The van der Waals surface area contributed by atoms with E-state index in [4.69, 9.17) is 16.7 Å². The van der Waals surface area contributed by atoms with E-state index in [1.54, 1.807) is 29.0 Å². The largest absolute Gasteiger partial charge is 0.379 e. The average Bonchev–Trinajstić information content (AvgIpc) is 3.41. The maximum atomic E-state index is 13.2. The molecule has 0 spiro atoms. The van der Waals surface area contributed by atoms with Crippen molar-refractivity contribution in [2.24, 2.45) is 5.92 Å². The smallest absolute Gasteiger partial charge is 0.276 e. The van der Waals surface area contributed by atoms with Gasteiger partial charge in [-0.25, -0.2) is 14.5 Å². The third-order valence-electron chi connectivity index (χ3n) is 8.47. The Morgan fingerprint density at radius 3 is 2.49 bits per heavy atom. The number of pyridine rings is 1. The molecule has 1 amide bonds. The van der Waals surface area contributed by atoms with Crippen LogP contribution in [0.15, 0.2) is 30.6 Å². The lowest BCUT2D eigenvalue weighted by Crippen LogP contribution is -2.28. The van der Waals surface area contributed by atoms with Crippen LogP contribution in [0.3, 0.4) is 0 Å². The van der Waals surface area contributed by atoms with Crippen molar-refractivity contribution in [1.82, 2.24) is 24.5 Å². The molecule has 2 saturated carbocycles. The summed E-state index contributed by atoms with van der Waals surface area (Å²) in [5, 5.41) is 15.1. The minimum Gasteiger partial charge on any atom is -0.379 e. The van der Waals surface area contributed by atoms with Gasteiger partial charge in [-0.15, -0.1) is 5.10 Å². The molecule has 0 bridgehead atoms. The standard InChI is InChI=1S/C30H39ClN8O2/c31-27-17-23(11-12-32-27)36-30(41)26-19-33-29-25(34-21-9-10-21)18-28(37-39(26)29)35-22-7-5-20(6-8-22)16-24(40)4-3-15-38-13-1-2-14-38/h11-12,17-22,34H,1-10,13-16H2,(H,35,37)(H,32,36,41). The zero-order valence-corrected chi connectivity index (χ0v) is 24.2. The molecule has 1 aliphatic heterocycles. The van der Waals surface area contributed by atoms with Crippen LogP contribution in [0.25, 0.3) is 5.65 Å². The Bertz CT molecular complexity index is 1380. The van der Waals surface area contributed by atoms with Gasteiger partial charge in [0.05, 0.1) is 11.9 Å². The molecule has 4 heterocycles. The first kappa shape index (κ1) is 27.9. The summed E-state index contributed by atoms with van der Waals surface area (Å²) < 4.78 is 1.61. The van der Waals surface area contributed by atoms with Crippen LogP contribution in [-0.2, 0) is 4.79 Å². The molecule has 2 aliphatic carbocycles. The van der Waals surface area contributed by atoms with Crippen LogP contribution in [0.2, 0.25) is 5.15 Å². The summed E-state index contributed by atoms with van der Waals surface area (Å²) in [6.07, 6.45) is 14.4. The van der Waals surface area contributed by atoms with Gasteiger partial charge in [-0.05, 0) is 95.5 Å². The zero-order valence-electron chi connectivity index (χ0n) is 23.4. The van der Waals surface area contributed by atoms with Gasteiger partial charge in [0.25, 0.3) is 5.91 Å². The number of imidazole rings is 1. The quantitative estimate of drug-likeness (QED) is 0.244. The van der Waals surface area contributed by atoms with Crippen molar-refractivity contribution in [2.75, 3.05) is 35.6 Å². The first-order chi connectivity index (χ1) is 20.0. The van der Waals surface area contributed by atoms with Gasteiger partial charge in [0.2, 0.25) is 0 Å². The average molecular weight is 579 g/mol. The highest BCUT2D eigenvalue weighted by atomic mass is 35.5. The van der Waals surface area contributed by atoms with Crippen molar-refractivity contribution < 1.29 is 9.59 Å². The van der Waals surface area contributed by atoms with Crippen LogP contribution in [-0.4, -0.2) is 67.9 Å². The van der Waals surface area contributed by atoms with Crippen molar-refractivity contribution in [1.29, 1.82) is 0 Å². The Balaban J connectivity index is 1.07. The van der Waals surface area contributed by atoms with E-state index in [9.17, 15) is 9.59 Å². The Morgan fingerprint density at radius 2 is 1.73 bits per heavy atom. The summed E-state index contributed by atoms with van der Waals surface area (Å²) in [7, 11) is 0. The number of nitrogens with one attached hydrogen (secondary N) is 3. The third kappa shape index (κ3) is 7.35. The van der Waals surface area contributed by atoms with Crippen LogP contribution >= 0.6 is 11.6 Å². The van der Waals surface area contributed by atoms with E-state index in [2.05, 4.69) is 30.8 Å². The second-order valence-electron chi connectivity index (χ2n) is 11.8. The number of halogens is 1. The van der Waals surface area contributed by atoms with Gasteiger partial charge in [0, 0.05) is 42.9 Å². The fourth-order valence-electron chi connectivity index (χ4n) is 6.07. The Labute approximate surface area is 245 Å². The topological polar surface area (TPSA) is 117 Å². The van der Waals surface area contributed by atoms with Gasteiger partial charge in [-0.3, -0.25) is 9.59 Å². The molecular weight excluding hydrogens is 540 g/mol. The van der Waals surface area contributed by atoms with E-state index in [0.717, 1.165) is 57.2 Å². The lowest BCUT2D eigenvalue weighted by atomic mass is 9.82. The maximum absolute atomic E-state index is 13.2. The lowest BCUT2D eigenvalue weighted by molar-refractivity contribution is -0.120. The molecule has 3 aliphatic rings. The summed E-state index contributed by atoms with van der Waals surface area (Å²) in [4.78, 5) is 36.7. The summed E-state index contributed by atoms with van der Waals surface area (Å²) in [5.74, 6) is 1.28. The van der Waals surface area contributed by atoms with E-state index < -0.39 is 0 Å². The number of rotatable bonds is 12. The lowest BCUT2D eigenvalue weighted by Gasteiger charge is -2.29. The van der Waals surface area contributed by atoms with Gasteiger partial charge < -0.3 is 20.9 Å². The Hall–Kier alpha value is -3.24. The molecule has 3 N–H and O–H groups in total. The number of fused-ring (bicyclic) bond motifs is 1. The molecule has 10 nitrogen and oxygen atoms in total. The zero-order chi connectivity index (χ0) is 28.2. The van der Waals surface area contributed by atoms with E-state index in [-0.39, 0.29) is 11.9 Å². The van der Waals surface area contributed by atoms with Gasteiger partial charge >= 0.3 is 0 Å². The molecule has 1 saturated heterocycles. The van der Waals surface area contributed by atoms with Crippen LogP contribution in [0.1, 0.15) is 81.1 Å². The van der Waals surface area contributed by atoms with Crippen LogP contribution in [0, 0.1) is 5.92 Å². The first-order valence-corrected chi connectivity index (χ1v) is 15.5. The van der Waals surface area contributed by atoms with Crippen LogP contribution in [0.5, 0.6) is 0 Å².